The quantitative estimate of drug-likeness (QED) is 0.293. The molecule has 0 N–H and O–H groups in total. The minimum Gasteiger partial charge on any atom is -0.120 e. The molecular weight excluding hydrogens is 96.1 g/mol. The summed E-state index contributed by atoms with van der Waals surface area (Å²) in [4.78, 5) is 0. The molecule has 0 aliphatic rings. The molecule has 8 heavy (non-hydrogen) atoms. The van der Waals surface area contributed by atoms with Gasteiger partial charge in [0.1, 0.15) is 0 Å². The van der Waals surface area contributed by atoms with Crippen LogP contribution in [0, 0.1) is 18.8 Å². The normalized spacial score (nSPS) is 7.88. The molecule has 0 heteroatoms. The van der Waals surface area contributed by atoms with E-state index >= 15 is 0 Å². The largest absolute Gasteiger partial charge is 0.120 e. The Morgan fingerprint density at radius 3 is 2.75 bits per heavy atom. The second kappa shape index (κ2) is 6.30. The van der Waals surface area contributed by atoms with Crippen molar-refractivity contribution in [1.29, 1.82) is 0 Å². The first kappa shape index (κ1) is 7.30. The molecule has 0 fully saturated rings. The highest BCUT2D eigenvalue weighted by Gasteiger charge is 1.80. The molecule has 0 bridgehead atoms. The summed E-state index contributed by atoms with van der Waals surface area (Å²) >= 11 is 0. The van der Waals surface area contributed by atoms with Gasteiger partial charge in [-0.1, -0.05) is 6.08 Å². The third-order valence-corrected chi connectivity index (χ3v) is 0.875. The summed E-state index contributed by atoms with van der Waals surface area (Å²) in [5, 5.41) is 0. The highest BCUT2D eigenvalue weighted by atomic mass is 13.8. The second-order valence-corrected chi connectivity index (χ2v) is 1.59. The fourth-order valence-corrected chi connectivity index (χ4v) is 0.448. The molecule has 0 aromatic carbocycles. The predicted molar refractivity (Wildman–Crippen MR) is 37.2 cm³/mol. The molecule has 1 radical (unpaired) electrons. The Bertz CT molecular complexity index is 84.7. The fourth-order valence-electron chi connectivity index (χ4n) is 0.448. The summed E-state index contributed by atoms with van der Waals surface area (Å²) in [5.74, 6) is 2.47. The van der Waals surface area contributed by atoms with E-state index < -0.39 is 0 Å². The Hall–Kier alpha value is -0.700. The standard InChI is InChI=1S/C8H11/c1-3-5-7-8-6-4-2/h1,4-5H,2,6-8H2. The van der Waals surface area contributed by atoms with E-state index in [2.05, 4.69) is 12.5 Å². The summed E-state index contributed by atoms with van der Waals surface area (Å²) in [6, 6.07) is 0. The van der Waals surface area contributed by atoms with Crippen molar-refractivity contribution in [3.8, 4) is 12.3 Å². The second-order valence-electron chi connectivity index (χ2n) is 1.59. The molecule has 0 aromatic rings. The Morgan fingerprint density at radius 2 is 2.25 bits per heavy atom. The third kappa shape index (κ3) is 5.30. The molecule has 0 aliphatic carbocycles. The zero-order valence-corrected chi connectivity index (χ0v) is 5.06. The number of terminal acetylenes is 1. The summed E-state index contributed by atoms with van der Waals surface area (Å²) in [7, 11) is 0. The first-order chi connectivity index (χ1) is 3.91. The van der Waals surface area contributed by atoms with Gasteiger partial charge in [-0.3, -0.25) is 0 Å². The molecule has 0 unspecified atom stereocenters. The van der Waals surface area contributed by atoms with Crippen LogP contribution in [0.4, 0.5) is 0 Å². The van der Waals surface area contributed by atoms with Crippen LogP contribution in [-0.4, -0.2) is 0 Å². The molecule has 43 valence electrons. The zero-order chi connectivity index (χ0) is 6.24. The van der Waals surface area contributed by atoms with Crippen LogP contribution in [0.5, 0.6) is 0 Å². The molecule has 0 aromatic heterocycles. The maximum absolute atomic E-state index is 4.98. The topological polar surface area (TPSA) is 0 Å². The van der Waals surface area contributed by atoms with E-state index in [0.717, 1.165) is 19.3 Å². The van der Waals surface area contributed by atoms with Crippen LogP contribution in [0.25, 0.3) is 0 Å². The van der Waals surface area contributed by atoms with Crippen LogP contribution in [0.2, 0.25) is 0 Å². The maximum atomic E-state index is 4.98. The zero-order valence-electron chi connectivity index (χ0n) is 5.06. The van der Waals surface area contributed by atoms with Gasteiger partial charge in [-0.05, 0) is 19.3 Å². The molecule has 0 nitrogen and oxygen atoms in total. The number of hydrogen-bond acceptors (Lipinski definition) is 0. The average Bonchev–Trinajstić information content (AvgIpc) is 1.81. The van der Waals surface area contributed by atoms with Crippen molar-refractivity contribution < 1.29 is 0 Å². The maximum Gasteiger partial charge on any atom is 0.0337 e. The van der Waals surface area contributed by atoms with E-state index in [1.165, 1.54) is 0 Å². The minimum absolute atomic E-state index is 1.02. The average molecular weight is 107 g/mol. The Kier molecular flexibility index (Phi) is 5.75. The van der Waals surface area contributed by atoms with Crippen molar-refractivity contribution in [3.63, 3.8) is 0 Å². The van der Waals surface area contributed by atoms with E-state index in [1.807, 2.05) is 12.5 Å². The van der Waals surface area contributed by atoms with Crippen LogP contribution >= 0.6 is 0 Å². The smallest absolute Gasteiger partial charge is 0.0337 e. The Balaban J connectivity index is 2.74. The summed E-state index contributed by atoms with van der Waals surface area (Å²) in [5.41, 5.74) is 0. The van der Waals surface area contributed by atoms with Crippen molar-refractivity contribution in [1.82, 2.24) is 0 Å². The first-order valence-corrected chi connectivity index (χ1v) is 2.80. The Morgan fingerprint density at radius 1 is 1.50 bits per heavy atom. The molecule has 0 aliphatic heterocycles. The number of allylic oxidation sites excluding steroid dienone is 1. The molecular formula is C8H11. The van der Waals surface area contributed by atoms with E-state index in [4.69, 9.17) is 6.42 Å². The van der Waals surface area contributed by atoms with Gasteiger partial charge in [0.25, 0.3) is 0 Å². The summed E-state index contributed by atoms with van der Waals surface area (Å²) in [6.07, 6.45) is 11.9. The van der Waals surface area contributed by atoms with Gasteiger partial charge in [0.2, 0.25) is 0 Å². The molecule has 0 heterocycles. The van der Waals surface area contributed by atoms with E-state index in [1.54, 1.807) is 0 Å². The SMILES string of the molecule is C#C[CH]CCCC=C. The predicted octanol–water partition coefficient (Wildman–Crippen LogP) is 2.18. The minimum atomic E-state index is 1.02. The lowest BCUT2D eigenvalue weighted by atomic mass is 10.2. The van der Waals surface area contributed by atoms with Gasteiger partial charge in [0, 0.05) is 6.42 Å². The van der Waals surface area contributed by atoms with Crippen molar-refractivity contribution in [3.05, 3.63) is 19.1 Å². The first-order valence-electron chi connectivity index (χ1n) is 2.80. The molecule has 0 saturated carbocycles. The molecule has 0 saturated heterocycles. The van der Waals surface area contributed by atoms with Crippen LogP contribution in [0.15, 0.2) is 12.7 Å². The number of hydrogen-bond donors (Lipinski definition) is 0. The van der Waals surface area contributed by atoms with Crippen molar-refractivity contribution >= 4 is 0 Å². The van der Waals surface area contributed by atoms with Crippen molar-refractivity contribution in [2.45, 2.75) is 19.3 Å². The summed E-state index contributed by atoms with van der Waals surface area (Å²) in [6.45, 7) is 3.59. The van der Waals surface area contributed by atoms with Crippen LogP contribution in [0.3, 0.4) is 0 Å². The lowest BCUT2D eigenvalue weighted by Crippen LogP contribution is -1.71. The van der Waals surface area contributed by atoms with Crippen LogP contribution < -0.4 is 0 Å². The van der Waals surface area contributed by atoms with E-state index in [9.17, 15) is 0 Å². The van der Waals surface area contributed by atoms with Gasteiger partial charge in [0.15, 0.2) is 0 Å². The monoisotopic (exact) mass is 107 g/mol. The molecule has 0 rings (SSSR count). The van der Waals surface area contributed by atoms with Gasteiger partial charge in [-0.25, -0.2) is 0 Å². The van der Waals surface area contributed by atoms with Crippen LogP contribution in [-0.2, 0) is 0 Å². The van der Waals surface area contributed by atoms with Crippen LogP contribution in [0.1, 0.15) is 19.3 Å². The molecule has 0 atom stereocenters. The van der Waals surface area contributed by atoms with Crippen molar-refractivity contribution in [2.24, 2.45) is 0 Å². The van der Waals surface area contributed by atoms with Crippen molar-refractivity contribution in [2.75, 3.05) is 0 Å². The highest BCUT2D eigenvalue weighted by Crippen LogP contribution is 1.96. The molecule has 0 spiro atoms. The third-order valence-electron chi connectivity index (χ3n) is 0.875. The van der Waals surface area contributed by atoms with Gasteiger partial charge >= 0.3 is 0 Å². The number of rotatable bonds is 4. The Labute approximate surface area is 51.6 Å². The lowest BCUT2D eigenvalue weighted by Gasteiger charge is -1.87. The fraction of sp³-hybridized carbons (Fsp3) is 0.375. The highest BCUT2D eigenvalue weighted by molar-refractivity contribution is 5.00. The van der Waals surface area contributed by atoms with Gasteiger partial charge in [-0.15, -0.1) is 18.9 Å². The summed E-state index contributed by atoms with van der Waals surface area (Å²) < 4.78 is 0. The number of unbranched alkanes of at least 4 members (excludes halogenated alkanes) is 3. The lowest BCUT2D eigenvalue weighted by molar-refractivity contribution is 0.849. The van der Waals surface area contributed by atoms with E-state index in [-0.39, 0.29) is 0 Å². The van der Waals surface area contributed by atoms with Gasteiger partial charge in [0.05, 0.1) is 0 Å². The molecule has 0 amide bonds. The van der Waals surface area contributed by atoms with E-state index in [0.29, 0.717) is 0 Å². The van der Waals surface area contributed by atoms with Gasteiger partial charge in [-0.2, -0.15) is 0 Å². The van der Waals surface area contributed by atoms with Gasteiger partial charge < -0.3 is 0 Å².